The van der Waals surface area contributed by atoms with Gasteiger partial charge in [0, 0.05) is 13.1 Å². The quantitative estimate of drug-likeness (QED) is 0.863. The lowest BCUT2D eigenvalue weighted by Gasteiger charge is -2.30. The Kier molecular flexibility index (Phi) is 4.24. The third kappa shape index (κ3) is 3.43. The van der Waals surface area contributed by atoms with Crippen molar-refractivity contribution in [2.45, 2.75) is 19.8 Å². The summed E-state index contributed by atoms with van der Waals surface area (Å²) in [7, 11) is -3.45. The van der Waals surface area contributed by atoms with Gasteiger partial charge in [-0.3, -0.25) is 4.72 Å². The third-order valence-corrected chi connectivity index (χ3v) is 4.91. The molecule has 2 heterocycles. The summed E-state index contributed by atoms with van der Waals surface area (Å²) in [5, 5.41) is 0. The van der Waals surface area contributed by atoms with Gasteiger partial charge >= 0.3 is 10.2 Å². The van der Waals surface area contributed by atoms with E-state index >= 15 is 0 Å². The molecule has 1 N–H and O–H groups in total. The SMILES string of the molecule is CC1CCCN(S(=O)(=O)Nc2ccc(Br)nc2)C1. The highest BCUT2D eigenvalue weighted by molar-refractivity contribution is 9.10. The molecule has 1 saturated heterocycles. The number of nitrogens with one attached hydrogen (secondary N) is 1. The van der Waals surface area contributed by atoms with Crippen LogP contribution in [0.4, 0.5) is 5.69 Å². The molecular formula is C11H16BrN3O2S. The van der Waals surface area contributed by atoms with E-state index in [0.29, 0.717) is 29.3 Å². The number of hydrogen-bond donors (Lipinski definition) is 1. The topological polar surface area (TPSA) is 62.3 Å². The molecule has 1 fully saturated rings. The smallest absolute Gasteiger partial charge is 0.269 e. The third-order valence-electron chi connectivity index (χ3n) is 2.93. The van der Waals surface area contributed by atoms with Crippen LogP contribution in [0.2, 0.25) is 0 Å². The molecule has 100 valence electrons. The van der Waals surface area contributed by atoms with Crippen LogP contribution in [0.5, 0.6) is 0 Å². The van der Waals surface area contributed by atoms with E-state index in [2.05, 4.69) is 32.6 Å². The molecule has 1 aromatic heterocycles. The Bertz CT molecular complexity index is 504. The molecule has 18 heavy (non-hydrogen) atoms. The molecule has 1 unspecified atom stereocenters. The Labute approximate surface area is 116 Å². The van der Waals surface area contributed by atoms with E-state index in [1.165, 1.54) is 10.5 Å². The maximum absolute atomic E-state index is 12.2. The van der Waals surface area contributed by atoms with Crippen LogP contribution in [0.3, 0.4) is 0 Å². The number of hydrogen-bond acceptors (Lipinski definition) is 3. The summed E-state index contributed by atoms with van der Waals surface area (Å²) < 4.78 is 29.1. The molecule has 2 rings (SSSR count). The zero-order chi connectivity index (χ0) is 13.2. The molecule has 0 aromatic carbocycles. The summed E-state index contributed by atoms with van der Waals surface area (Å²) in [6, 6.07) is 3.39. The van der Waals surface area contributed by atoms with E-state index in [9.17, 15) is 8.42 Å². The molecule has 1 atom stereocenters. The highest BCUT2D eigenvalue weighted by atomic mass is 79.9. The Morgan fingerprint density at radius 1 is 1.50 bits per heavy atom. The number of rotatable bonds is 3. The van der Waals surface area contributed by atoms with Gasteiger partial charge < -0.3 is 0 Å². The average molecular weight is 334 g/mol. The van der Waals surface area contributed by atoms with Crippen molar-refractivity contribution in [2.75, 3.05) is 17.8 Å². The van der Waals surface area contributed by atoms with Crippen LogP contribution in [0.25, 0.3) is 0 Å². The van der Waals surface area contributed by atoms with Gasteiger partial charge in [0.05, 0.1) is 11.9 Å². The van der Waals surface area contributed by atoms with Gasteiger partial charge in [0.2, 0.25) is 0 Å². The van der Waals surface area contributed by atoms with Crippen molar-refractivity contribution in [1.82, 2.24) is 9.29 Å². The zero-order valence-corrected chi connectivity index (χ0v) is 12.5. The van der Waals surface area contributed by atoms with Gasteiger partial charge in [0.25, 0.3) is 0 Å². The fourth-order valence-corrected chi connectivity index (χ4v) is 3.62. The van der Waals surface area contributed by atoms with E-state index in [-0.39, 0.29) is 0 Å². The zero-order valence-electron chi connectivity index (χ0n) is 10.1. The van der Waals surface area contributed by atoms with Crippen molar-refractivity contribution < 1.29 is 8.42 Å². The lowest BCUT2D eigenvalue weighted by Crippen LogP contribution is -2.42. The summed E-state index contributed by atoms with van der Waals surface area (Å²) in [5.74, 6) is 0.415. The predicted octanol–water partition coefficient (Wildman–Crippen LogP) is 2.23. The molecule has 0 amide bonds. The van der Waals surface area contributed by atoms with E-state index in [1.54, 1.807) is 12.1 Å². The first-order chi connectivity index (χ1) is 8.47. The molecule has 0 spiro atoms. The lowest BCUT2D eigenvalue weighted by atomic mass is 10.0. The molecule has 0 saturated carbocycles. The van der Waals surface area contributed by atoms with Gasteiger partial charge in [-0.25, -0.2) is 4.98 Å². The summed E-state index contributed by atoms with van der Waals surface area (Å²) >= 11 is 3.21. The first-order valence-corrected chi connectivity index (χ1v) is 8.10. The fraction of sp³-hybridized carbons (Fsp3) is 0.545. The van der Waals surface area contributed by atoms with Crippen LogP contribution in [0, 0.1) is 5.92 Å². The highest BCUT2D eigenvalue weighted by Gasteiger charge is 2.26. The molecule has 1 aliphatic heterocycles. The molecule has 0 radical (unpaired) electrons. The van der Waals surface area contributed by atoms with E-state index in [4.69, 9.17) is 0 Å². The van der Waals surface area contributed by atoms with Gasteiger partial charge in [0.1, 0.15) is 4.60 Å². The molecular weight excluding hydrogens is 318 g/mol. The Hall–Kier alpha value is -0.660. The number of pyridine rings is 1. The number of anilines is 1. The van der Waals surface area contributed by atoms with Crippen LogP contribution in [0.1, 0.15) is 19.8 Å². The number of aromatic nitrogens is 1. The lowest BCUT2D eigenvalue weighted by molar-refractivity contribution is 0.282. The van der Waals surface area contributed by atoms with Crippen LogP contribution in [-0.4, -0.2) is 30.8 Å². The maximum Gasteiger partial charge on any atom is 0.301 e. The average Bonchev–Trinajstić information content (AvgIpc) is 2.32. The molecule has 5 nitrogen and oxygen atoms in total. The standard InChI is InChI=1S/C11H16BrN3O2S/c1-9-3-2-6-15(8-9)18(16,17)14-10-4-5-11(12)13-7-10/h4-5,7,9,14H,2-3,6,8H2,1H3. The first kappa shape index (κ1) is 13.8. The Balaban J connectivity index is 2.09. The summed E-state index contributed by atoms with van der Waals surface area (Å²) in [4.78, 5) is 3.99. The van der Waals surface area contributed by atoms with Crippen molar-refractivity contribution in [3.05, 3.63) is 22.9 Å². The van der Waals surface area contributed by atoms with Crippen molar-refractivity contribution >= 4 is 31.8 Å². The molecule has 0 aliphatic carbocycles. The fourth-order valence-electron chi connectivity index (χ4n) is 2.01. The molecule has 1 aliphatic rings. The monoisotopic (exact) mass is 333 g/mol. The van der Waals surface area contributed by atoms with E-state index in [0.717, 1.165) is 12.8 Å². The van der Waals surface area contributed by atoms with Gasteiger partial charge in [-0.15, -0.1) is 0 Å². The van der Waals surface area contributed by atoms with E-state index < -0.39 is 10.2 Å². The van der Waals surface area contributed by atoms with Crippen LogP contribution < -0.4 is 4.72 Å². The second-order valence-electron chi connectivity index (χ2n) is 4.58. The summed E-state index contributed by atoms with van der Waals surface area (Å²) in [6.45, 7) is 3.24. The van der Waals surface area contributed by atoms with Gasteiger partial charge in [-0.2, -0.15) is 12.7 Å². The highest BCUT2D eigenvalue weighted by Crippen LogP contribution is 2.20. The van der Waals surface area contributed by atoms with Crippen LogP contribution >= 0.6 is 15.9 Å². The first-order valence-electron chi connectivity index (χ1n) is 5.87. The van der Waals surface area contributed by atoms with Crippen LogP contribution in [0.15, 0.2) is 22.9 Å². The van der Waals surface area contributed by atoms with Crippen molar-refractivity contribution in [3.63, 3.8) is 0 Å². The Morgan fingerprint density at radius 2 is 2.28 bits per heavy atom. The minimum Gasteiger partial charge on any atom is -0.269 e. The van der Waals surface area contributed by atoms with Gasteiger partial charge in [-0.05, 0) is 46.8 Å². The van der Waals surface area contributed by atoms with E-state index in [1.807, 2.05) is 0 Å². The Morgan fingerprint density at radius 3 is 2.89 bits per heavy atom. The second kappa shape index (κ2) is 5.54. The minimum absolute atomic E-state index is 0.415. The molecule has 7 heteroatoms. The normalized spacial score (nSPS) is 21.8. The summed E-state index contributed by atoms with van der Waals surface area (Å²) in [5.41, 5.74) is 0.483. The number of piperidine rings is 1. The molecule has 1 aromatic rings. The number of halogens is 1. The maximum atomic E-state index is 12.2. The predicted molar refractivity (Wildman–Crippen MR) is 74.5 cm³/mol. The second-order valence-corrected chi connectivity index (χ2v) is 7.07. The van der Waals surface area contributed by atoms with Crippen molar-refractivity contribution in [3.8, 4) is 0 Å². The summed E-state index contributed by atoms with van der Waals surface area (Å²) in [6.07, 6.45) is 3.50. The number of nitrogens with zero attached hydrogens (tertiary/aromatic N) is 2. The van der Waals surface area contributed by atoms with Crippen LogP contribution in [-0.2, 0) is 10.2 Å². The largest absolute Gasteiger partial charge is 0.301 e. The van der Waals surface area contributed by atoms with Crippen molar-refractivity contribution in [2.24, 2.45) is 5.92 Å². The molecule has 0 bridgehead atoms. The van der Waals surface area contributed by atoms with Gasteiger partial charge in [0.15, 0.2) is 0 Å². The van der Waals surface area contributed by atoms with Gasteiger partial charge in [-0.1, -0.05) is 6.92 Å². The van der Waals surface area contributed by atoms with Crippen molar-refractivity contribution in [1.29, 1.82) is 0 Å². The minimum atomic E-state index is -3.45.